The number of aryl methyl sites for hydroxylation is 2. The quantitative estimate of drug-likeness (QED) is 0.797. The van der Waals surface area contributed by atoms with Gasteiger partial charge >= 0.3 is 0 Å². The Morgan fingerprint density at radius 1 is 1.50 bits per heavy atom. The number of alkyl halides is 1. The van der Waals surface area contributed by atoms with Gasteiger partial charge < -0.3 is 9.30 Å². The van der Waals surface area contributed by atoms with Gasteiger partial charge in [0.2, 0.25) is 0 Å². The zero-order chi connectivity index (χ0) is 12.5. The van der Waals surface area contributed by atoms with Gasteiger partial charge in [-0.2, -0.15) is 0 Å². The van der Waals surface area contributed by atoms with Gasteiger partial charge in [0.1, 0.15) is 5.82 Å². The van der Waals surface area contributed by atoms with E-state index in [4.69, 9.17) is 21.3 Å². The smallest absolute Gasteiger partial charge is 0.111 e. The Hall–Kier alpha value is -1.06. The lowest BCUT2D eigenvalue weighted by Gasteiger charge is -2.14. The molecule has 4 heteroatoms. The molecule has 18 heavy (non-hydrogen) atoms. The summed E-state index contributed by atoms with van der Waals surface area (Å²) in [7, 11) is 0. The molecule has 1 fully saturated rings. The lowest BCUT2D eigenvalue weighted by Crippen LogP contribution is -2.12. The third kappa shape index (κ3) is 1.91. The van der Waals surface area contributed by atoms with Crippen LogP contribution in [0.4, 0.5) is 0 Å². The van der Waals surface area contributed by atoms with Crippen LogP contribution in [0.5, 0.6) is 0 Å². The lowest BCUT2D eigenvalue weighted by molar-refractivity contribution is 0.186. The van der Waals surface area contributed by atoms with Crippen molar-refractivity contribution in [3.8, 4) is 0 Å². The molecule has 1 unspecified atom stereocenters. The van der Waals surface area contributed by atoms with Gasteiger partial charge in [-0.3, -0.25) is 0 Å². The average Bonchev–Trinajstić information content (AvgIpc) is 2.96. The third-order valence-corrected chi connectivity index (χ3v) is 3.77. The molecule has 1 aromatic carbocycles. The van der Waals surface area contributed by atoms with Crippen LogP contribution >= 0.6 is 11.6 Å². The Labute approximate surface area is 112 Å². The Balaban J connectivity index is 2.18. The van der Waals surface area contributed by atoms with Gasteiger partial charge in [-0.05, 0) is 25.0 Å². The molecule has 0 N–H and O–H groups in total. The molecule has 1 aliphatic heterocycles. The number of para-hydroxylation sites is 1. The van der Waals surface area contributed by atoms with Gasteiger partial charge in [-0.15, -0.1) is 11.6 Å². The number of hydrogen-bond acceptors (Lipinski definition) is 2. The van der Waals surface area contributed by atoms with Crippen molar-refractivity contribution in [2.45, 2.75) is 25.8 Å². The molecular formula is C14H17ClN2O. The summed E-state index contributed by atoms with van der Waals surface area (Å²) in [6.45, 7) is 3.74. The molecule has 1 saturated heterocycles. The molecule has 3 nitrogen and oxygen atoms in total. The summed E-state index contributed by atoms with van der Waals surface area (Å²) in [4.78, 5) is 4.77. The number of rotatable bonds is 3. The van der Waals surface area contributed by atoms with E-state index in [0.29, 0.717) is 11.9 Å². The number of hydrogen-bond donors (Lipinski definition) is 0. The molecular weight excluding hydrogens is 248 g/mol. The molecule has 3 rings (SSSR count). The number of benzene rings is 1. The fourth-order valence-electron chi connectivity index (χ4n) is 2.70. The first-order valence-corrected chi connectivity index (χ1v) is 6.95. The summed E-state index contributed by atoms with van der Waals surface area (Å²) in [5.41, 5.74) is 3.54. The van der Waals surface area contributed by atoms with E-state index < -0.39 is 0 Å². The van der Waals surface area contributed by atoms with E-state index in [1.54, 1.807) is 0 Å². The lowest BCUT2D eigenvalue weighted by atomic mass is 10.2. The van der Waals surface area contributed by atoms with Crippen molar-refractivity contribution >= 4 is 22.6 Å². The minimum absolute atomic E-state index is 0.412. The van der Waals surface area contributed by atoms with E-state index in [0.717, 1.165) is 37.4 Å². The SMILES string of the molecule is Cc1cccc2c1nc(CCCl)n2C1CCOC1. The molecule has 0 bridgehead atoms. The zero-order valence-electron chi connectivity index (χ0n) is 10.5. The highest BCUT2D eigenvalue weighted by Crippen LogP contribution is 2.28. The van der Waals surface area contributed by atoms with E-state index in [2.05, 4.69) is 29.7 Å². The Morgan fingerprint density at radius 2 is 2.39 bits per heavy atom. The van der Waals surface area contributed by atoms with Crippen LogP contribution in [-0.2, 0) is 11.2 Å². The van der Waals surface area contributed by atoms with Gasteiger partial charge in [-0.25, -0.2) is 4.98 Å². The van der Waals surface area contributed by atoms with E-state index in [-0.39, 0.29) is 0 Å². The van der Waals surface area contributed by atoms with Crippen LogP contribution in [0.3, 0.4) is 0 Å². The van der Waals surface area contributed by atoms with Crippen LogP contribution in [-0.4, -0.2) is 28.6 Å². The Kier molecular flexibility index (Phi) is 3.27. The summed E-state index contributed by atoms with van der Waals surface area (Å²) in [5, 5.41) is 0. The monoisotopic (exact) mass is 264 g/mol. The number of aromatic nitrogens is 2. The molecule has 0 amide bonds. The minimum atomic E-state index is 0.412. The number of fused-ring (bicyclic) bond motifs is 1. The molecule has 0 spiro atoms. The van der Waals surface area contributed by atoms with Crippen molar-refractivity contribution in [3.63, 3.8) is 0 Å². The van der Waals surface area contributed by atoms with Crippen molar-refractivity contribution in [1.29, 1.82) is 0 Å². The van der Waals surface area contributed by atoms with Gasteiger partial charge in [0.25, 0.3) is 0 Å². The van der Waals surface area contributed by atoms with E-state index in [9.17, 15) is 0 Å². The number of halogens is 1. The molecule has 1 atom stereocenters. The van der Waals surface area contributed by atoms with Crippen molar-refractivity contribution in [2.24, 2.45) is 0 Å². The van der Waals surface area contributed by atoms with Crippen molar-refractivity contribution in [3.05, 3.63) is 29.6 Å². The molecule has 2 heterocycles. The van der Waals surface area contributed by atoms with E-state index in [1.165, 1.54) is 11.1 Å². The summed E-state index contributed by atoms with van der Waals surface area (Å²) in [6, 6.07) is 6.76. The fraction of sp³-hybridized carbons (Fsp3) is 0.500. The van der Waals surface area contributed by atoms with Crippen LogP contribution < -0.4 is 0 Å². The predicted octanol–water partition coefficient (Wildman–Crippen LogP) is 3.09. The van der Waals surface area contributed by atoms with Gasteiger partial charge in [0, 0.05) is 18.9 Å². The fourth-order valence-corrected chi connectivity index (χ4v) is 2.87. The van der Waals surface area contributed by atoms with Gasteiger partial charge in [-0.1, -0.05) is 12.1 Å². The number of nitrogens with zero attached hydrogens (tertiary/aromatic N) is 2. The Bertz CT molecular complexity index is 558. The highest BCUT2D eigenvalue weighted by molar-refractivity contribution is 6.17. The molecule has 0 aliphatic carbocycles. The maximum absolute atomic E-state index is 5.90. The van der Waals surface area contributed by atoms with E-state index >= 15 is 0 Å². The Morgan fingerprint density at radius 3 is 3.11 bits per heavy atom. The van der Waals surface area contributed by atoms with Gasteiger partial charge in [0.15, 0.2) is 0 Å². The predicted molar refractivity (Wildman–Crippen MR) is 73.4 cm³/mol. The molecule has 1 aliphatic rings. The van der Waals surface area contributed by atoms with Crippen LogP contribution in [0.25, 0.3) is 11.0 Å². The second-order valence-electron chi connectivity index (χ2n) is 4.80. The summed E-state index contributed by atoms with van der Waals surface area (Å²) < 4.78 is 7.84. The minimum Gasteiger partial charge on any atom is -0.379 e. The van der Waals surface area contributed by atoms with Crippen LogP contribution in [0.2, 0.25) is 0 Å². The molecule has 2 aromatic rings. The van der Waals surface area contributed by atoms with Crippen molar-refractivity contribution in [2.75, 3.05) is 19.1 Å². The topological polar surface area (TPSA) is 27.1 Å². The number of ether oxygens (including phenoxy) is 1. The second-order valence-corrected chi connectivity index (χ2v) is 5.18. The normalized spacial score (nSPS) is 19.8. The van der Waals surface area contributed by atoms with Crippen LogP contribution in [0.15, 0.2) is 18.2 Å². The molecule has 96 valence electrons. The maximum Gasteiger partial charge on any atom is 0.111 e. The van der Waals surface area contributed by atoms with Crippen LogP contribution in [0, 0.1) is 6.92 Å². The first-order valence-electron chi connectivity index (χ1n) is 6.41. The highest BCUT2D eigenvalue weighted by atomic mass is 35.5. The van der Waals surface area contributed by atoms with E-state index in [1.807, 2.05) is 0 Å². The first-order chi connectivity index (χ1) is 8.81. The third-order valence-electron chi connectivity index (χ3n) is 3.58. The molecule has 0 radical (unpaired) electrons. The maximum atomic E-state index is 5.90. The standard InChI is InChI=1S/C14H17ClN2O/c1-10-3-2-4-12-14(10)16-13(5-7-15)17(12)11-6-8-18-9-11/h2-4,11H,5-9H2,1H3. The summed E-state index contributed by atoms with van der Waals surface area (Å²) in [5.74, 6) is 1.69. The molecule has 0 saturated carbocycles. The van der Waals surface area contributed by atoms with Crippen molar-refractivity contribution < 1.29 is 4.74 Å². The summed E-state index contributed by atoms with van der Waals surface area (Å²) in [6.07, 6.45) is 1.88. The second kappa shape index (κ2) is 4.90. The average molecular weight is 265 g/mol. The molecule has 1 aromatic heterocycles. The number of imidazole rings is 1. The zero-order valence-corrected chi connectivity index (χ0v) is 11.3. The first kappa shape index (κ1) is 12.0. The largest absolute Gasteiger partial charge is 0.379 e. The highest BCUT2D eigenvalue weighted by Gasteiger charge is 2.23. The van der Waals surface area contributed by atoms with Gasteiger partial charge in [0.05, 0.1) is 23.7 Å². The van der Waals surface area contributed by atoms with Crippen molar-refractivity contribution in [1.82, 2.24) is 9.55 Å². The van der Waals surface area contributed by atoms with Crippen LogP contribution in [0.1, 0.15) is 23.9 Å². The summed E-state index contributed by atoms with van der Waals surface area (Å²) >= 11 is 5.90.